The molecule has 2 atom stereocenters. The number of aromatic nitrogens is 1. The maximum Gasteiger partial charge on any atom is 0.326 e. The van der Waals surface area contributed by atoms with Crippen LogP contribution in [0.4, 0.5) is 5.82 Å². The largest absolute Gasteiger partial charge is 0.480 e. The molecule has 0 spiro atoms. The molecule has 1 fully saturated rings. The fourth-order valence-electron chi connectivity index (χ4n) is 2.55. The SMILES string of the molecule is CCC1CCN(c2ccc(C)cn2)C(C(=O)O)C1. The Balaban J connectivity index is 2.20. The van der Waals surface area contributed by atoms with E-state index in [1.54, 1.807) is 6.20 Å². The molecule has 1 aliphatic heterocycles. The van der Waals surface area contributed by atoms with Gasteiger partial charge in [-0.05, 0) is 37.3 Å². The van der Waals surface area contributed by atoms with Gasteiger partial charge in [0.05, 0.1) is 0 Å². The van der Waals surface area contributed by atoms with Crippen molar-refractivity contribution in [3.05, 3.63) is 23.9 Å². The molecule has 0 radical (unpaired) electrons. The molecule has 4 nitrogen and oxygen atoms in total. The number of nitrogens with zero attached hydrogens (tertiary/aromatic N) is 2. The number of pyridine rings is 1. The number of carboxylic acid groups (broad SMARTS) is 1. The minimum atomic E-state index is -0.740. The minimum Gasteiger partial charge on any atom is -0.480 e. The summed E-state index contributed by atoms with van der Waals surface area (Å²) in [5.74, 6) is 0.561. The van der Waals surface area contributed by atoms with Gasteiger partial charge in [0.15, 0.2) is 0 Å². The van der Waals surface area contributed by atoms with Crippen LogP contribution in [-0.2, 0) is 4.79 Å². The van der Waals surface area contributed by atoms with E-state index >= 15 is 0 Å². The van der Waals surface area contributed by atoms with E-state index in [0.29, 0.717) is 5.92 Å². The maximum absolute atomic E-state index is 11.4. The molecule has 98 valence electrons. The number of piperidine rings is 1. The smallest absolute Gasteiger partial charge is 0.326 e. The van der Waals surface area contributed by atoms with Crippen LogP contribution in [0.15, 0.2) is 18.3 Å². The van der Waals surface area contributed by atoms with Crippen LogP contribution < -0.4 is 4.90 Å². The summed E-state index contributed by atoms with van der Waals surface area (Å²) in [4.78, 5) is 17.7. The zero-order chi connectivity index (χ0) is 13.1. The third-order valence-electron chi connectivity index (χ3n) is 3.76. The van der Waals surface area contributed by atoms with E-state index in [1.807, 2.05) is 24.0 Å². The highest BCUT2D eigenvalue weighted by molar-refractivity contribution is 5.78. The van der Waals surface area contributed by atoms with Gasteiger partial charge in [-0.1, -0.05) is 19.4 Å². The molecule has 0 aromatic carbocycles. The fourth-order valence-corrected chi connectivity index (χ4v) is 2.55. The Bertz CT molecular complexity index is 416. The molecule has 4 heteroatoms. The van der Waals surface area contributed by atoms with Crippen molar-refractivity contribution in [3.63, 3.8) is 0 Å². The number of rotatable bonds is 3. The normalized spacial score (nSPS) is 24.0. The highest BCUT2D eigenvalue weighted by Crippen LogP contribution is 2.28. The molecule has 2 heterocycles. The summed E-state index contributed by atoms with van der Waals surface area (Å²) < 4.78 is 0. The lowest BCUT2D eigenvalue weighted by Gasteiger charge is -2.37. The highest BCUT2D eigenvalue weighted by atomic mass is 16.4. The summed E-state index contributed by atoms with van der Waals surface area (Å²) in [6.45, 7) is 4.89. The summed E-state index contributed by atoms with van der Waals surface area (Å²) in [6, 6.07) is 3.46. The standard InChI is InChI=1S/C14H20N2O2/c1-3-11-6-7-16(12(8-11)14(17)18)13-5-4-10(2)9-15-13/h4-5,9,11-12H,3,6-8H2,1-2H3,(H,17,18). The molecule has 1 saturated heterocycles. The fraction of sp³-hybridized carbons (Fsp3) is 0.571. The van der Waals surface area contributed by atoms with Crippen LogP contribution in [0.3, 0.4) is 0 Å². The van der Waals surface area contributed by atoms with E-state index in [-0.39, 0.29) is 0 Å². The van der Waals surface area contributed by atoms with Crippen molar-refractivity contribution in [2.75, 3.05) is 11.4 Å². The van der Waals surface area contributed by atoms with Crippen LogP contribution in [-0.4, -0.2) is 28.6 Å². The molecule has 0 bridgehead atoms. The molecule has 2 unspecified atom stereocenters. The Morgan fingerprint density at radius 1 is 1.56 bits per heavy atom. The van der Waals surface area contributed by atoms with Gasteiger partial charge >= 0.3 is 5.97 Å². The molecular weight excluding hydrogens is 228 g/mol. The molecule has 0 aliphatic carbocycles. The Morgan fingerprint density at radius 3 is 2.89 bits per heavy atom. The van der Waals surface area contributed by atoms with Gasteiger partial charge in [-0.25, -0.2) is 9.78 Å². The molecule has 1 aromatic heterocycles. The Labute approximate surface area is 108 Å². The van der Waals surface area contributed by atoms with Gasteiger partial charge in [0.2, 0.25) is 0 Å². The number of anilines is 1. The van der Waals surface area contributed by atoms with E-state index < -0.39 is 12.0 Å². The molecule has 18 heavy (non-hydrogen) atoms. The zero-order valence-corrected chi connectivity index (χ0v) is 11.0. The van der Waals surface area contributed by atoms with Crippen molar-refractivity contribution in [1.29, 1.82) is 0 Å². The molecule has 2 rings (SSSR count). The van der Waals surface area contributed by atoms with Crippen molar-refractivity contribution < 1.29 is 9.90 Å². The second-order valence-electron chi connectivity index (χ2n) is 5.04. The number of carboxylic acids is 1. The number of aliphatic carboxylic acids is 1. The Hall–Kier alpha value is -1.58. The number of hydrogen-bond donors (Lipinski definition) is 1. The van der Waals surface area contributed by atoms with Gasteiger partial charge in [-0.15, -0.1) is 0 Å². The first-order valence-corrected chi connectivity index (χ1v) is 6.54. The van der Waals surface area contributed by atoms with Crippen LogP contribution in [0.2, 0.25) is 0 Å². The average Bonchev–Trinajstić information content (AvgIpc) is 2.39. The Morgan fingerprint density at radius 2 is 2.33 bits per heavy atom. The van der Waals surface area contributed by atoms with Crippen molar-refractivity contribution >= 4 is 11.8 Å². The van der Waals surface area contributed by atoms with Crippen LogP contribution >= 0.6 is 0 Å². The van der Waals surface area contributed by atoms with Crippen LogP contribution in [0.1, 0.15) is 31.7 Å². The molecular formula is C14H20N2O2. The first-order valence-electron chi connectivity index (χ1n) is 6.54. The predicted octanol–water partition coefficient (Wildman–Crippen LogP) is 2.47. The quantitative estimate of drug-likeness (QED) is 0.892. The average molecular weight is 248 g/mol. The molecule has 0 saturated carbocycles. The predicted molar refractivity (Wildman–Crippen MR) is 70.8 cm³/mol. The summed E-state index contributed by atoms with van der Waals surface area (Å²) in [5, 5.41) is 9.37. The topological polar surface area (TPSA) is 53.4 Å². The summed E-state index contributed by atoms with van der Waals surface area (Å²) in [6.07, 6.45) is 4.62. The van der Waals surface area contributed by atoms with Crippen molar-refractivity contribution in [2.24, 2.45) is 5.92 Å². The summed E-state index contributed by atoms with van der Waals surface area (Å²) in [5.41, 5.74) is 1.09. The highest BCUT2D eigenvalue weighted by Gasteiger charge is 2.33. The number of carbonyl (C=O) groups is 1. The van der Waals surface area contributed by atoms with Crippen molar-refractivity contribution in [2.45, 2.75) is 39.2 Å². The van der Waals surface area contributed by atoms with Crippen LogP contribution in [0.25, 0.3) is 0 Å². The zero-order valence-electron chi connectivity index (χ0n) is 11.0. The number of hydrogen-bond acceptors (Lipinski definition) is 3. The van der Waals surface area contributed by atoms with Gasteiger partial charge < -0.3 is 10.0 Å². The van der Waals surface area contributed by atoms with E-state index in [2.05, 4.69) is 11.9 Å². The van der Waals surface area contributed by atoms with E-state index in [0.717, 1.165) is 37.2 Å². The maximum atomic E-state index is 11.4. The summed E-state index contributed by atoms with van der Waals surface area (Å²) in [7, 11) is 0. The van der Waals surface area contributed by atoms with Gasteiger partial charge in [0.1, 0.15) is 11.9 Å². The minimum absolute atomic E-state index is 0.432. The van der Waals surface area contributed by atoms with Crippen molar-refractivity contribution in [1.82, 2.24) is 4.98 Å². The van der Waals surface area contributed by atoms with Gasteiger partial charge in [0.25, 0.3) is 0 Å². The third kappa shape index (κ3) is 2.63. The lowest BCUT2D eigenvalue weighted by atomic mass is 9.89. The molecule has 1 aromatic rings. The third-order valence-corrected chi connectivity index (χ3v) is 3.76. The van der Waals surface area contributed by atoms with Crippen LogP contribution in [0.5, 0.6) is 0 Å². The number of aryl methyl sites for hydroxylation is 1. The molecule has 1 N–H and O–H groups in total. The van der Waals surface area contributed by atoms with E-state index in [9.17, 15) is 9.90 Å². The van der Waals surface area contributed by atoms with Gasteiger partial charge in [0, 0.05) is 12.7 Å². The van der Waals surface area contributed by atoms with Crippen LogP contribution in [0, 0.1) is 12.8 Å². The molecule has 1 aliphatic rings. The summed E-state index contributed by atoms with van der Waals surface area (Å²) >= 11 is 0. The monoisotopic (exact) mass is 248 g/mol. The lowest BCUT2D eigenvalue weighted by Crippen LogP contribution is -2.47. The Kier molecular flexibility index (Phi) is 3.84. The first-order chi connectivity index (χ1) is 8.61. The second kappa shape index (κ2) is 5.38. The van der Waals surface area contributed by atoms with E-state index in [4.69, 9.17) is 0 Å². The van der Waals surface area contributed by atoms with Crippen molar-refractivity contribution in [3.8, 4) is 0 Å². The first kappa shape index (κ1) is 12.9. The second-order valence-corrected chi connectivity index (χ2v) is 5.04. The van der Waals surface area contributed by atoms with Gasteiger partial charge in [-0.2, -0.15) is 0 Å². The molecule has 0 amide bonds. The van der Waals surface area contributed by atoms with Gasteiger partial charge in [-0.3, -0.25) is 0 Å². The lowest BCUT2D eigenvalue weighted by molar-refractivity contribution is -0.139. The van der Waals surface area contributed by atoms with E-state index in [1.165, 1.54) is 0 Å².